The fraction of sp³-hybridized carbons (Fsp3) is 0.304. The molecule has 0 aliphatic carbocycles. The van der Waals surface area contributed by atoms with E-state index in [9.17, 15) is 13.2 Å². The predicted octanol–water partition coefficient (Wildman–Crippen LogP) is 5.91. The molecular weight excluding hydrogens is 435 g/mol. The summed E-state index contributed by atoms with van der Waals surface area (Å²) in [5.74, 6) is 0.234. The Balaban J connectivity index is 1.52. The Bertz CT molecular complexity index is 1210. The number of halogens is 3. The molecule has 5 nitrogen and oxygen atoms in total. The second-order valence-corrected chi connectivity index (χ2v) is 8.85. The lowest BCUT2D eigenvalue weighted by molar-refractivity contribution is -0.137. The van der Waals surface area contributed by atoms with Crippen LogP contribution in [0.3, 0.4) is 0 Å². The summed E-state index contributed by atoms with van der Waals surface area (Å²) < 4.78 is 41.4. The topological polar surface area (TPSA) is 56.8 Å². The Labute approximate surface area is 187 Å². The number of nitrogens with zero attached hydrogens (tertiary/aromatic N) is 3. The monoisotopic (exact) mass is 457 g/mol. The second kappa shape index (κ2) is 8.55. The largest absolute Gasteiger partial charge is 0.417 e. The van der Waals surface area contributed by atoms with Gasteiger partial charge in [-0.05, 0) is 55.3 Å². The zero-order chi connectivity index (χ0) is 22.1. The highest BCUT2D eigenvalue weighted by Gasteiger charge is 2.34. The number of nitrogens with one attached hydrogen (secondary N) is 2. The lowest BCUT2D eigenvalue weighted by Gasteiger charge is -2.17. The summed E-state index contributed by atoms with van der Waals surface area (Å²) in [4.78, 5) is 14.2. The van der Waals surface area contributed by atoms with E-state index >= 15 is 0 Å². The molecule has 2 N–H and O–H groups in total. The van der Waals surface area contributed by atoms with Crippen molar-refractivity contribution in [3.63, 3.8) is 0 Å². The number of anilines is 1. The minimum absolute atomic E-state index is 0.0872. The molecule has 2 aromatic carbocycles. The molecule has 3 heterocycles. The van der Waals surface area contributed by atoms with E-state index in [4.69, 9.17) is 0 Å². The molecule has 9 heteroatoms. The smallest absolute Gasteiger partial charge is 0.357 e. The number of aromatic amines is 1. The highest BCUT2D eigenvalue weighted by Crippen LogP contribution is 2.38. The number of para-hydroxylation sites is 1. The minimum Gasteiger partial charge on any atom is -0.357 e. The fourth-order valence-corrected chi connectivity index (χ4v) is 4.70. The average Bonchev–Trinajstić information content (AvgIpc) is 3.52. The van der Waals surface area contributed by atoms with Gasteiger partial charge in [-0.1, -0.05) is 18.2 Å². The summed E-state index contributed by atoms with van der Waals surface area (Å²) in [5, 5.41) is 5.90. The van der Waals surface area contributed by atoms with Crippen LogP contribution in [-0.2, 0) is 19.3 Å². The lowest BCUT2D eigenvalue weighted by atomic mass is 10.0. The van der Waals surface area contributed by atoms with Gasteiger partial charge in [0.05, 0.1) is 16.6 Å². The van der Waals surface area contributed by atoms with Crippen LogP contribution >= 0.6 is 11.3 Å². The van der Waals surface area contributed by atoms with E-state index in [0.29, 0.717) is 24.1 Å². The Morgan fingerprint density at radius 2 is 1.97 bits per heavy atom. The van der Waals surface area contributed by atoms with Crippen LogP contribution in [0.4, 0.5) is 18.3 Å². The van der Waals surface area contributed by atoms with E-state index in [-0.39, 0.29) is 11.4 Å². The number of benzene rings is 2. The van der Waals surface area contributed by atoms with Crippen molar-refractivity contribution in [3.8, 4) is 11.4 Å². The normalized spacial score (nSPS) is 15.0. The van der Waals surface area contributed by atoms with Crippen LogP contribution in [0.2, 0.25) is 0 Å². The highest BCUT2D eigenvalue weighted by atomic mass is 32.1. The first-order chi connectivity index (χ1) is 15.5. The third kappa shape index (κ3) is 4.35. The summed E-state index contributed by atoms with van der Waals surface area (Å²) >= 11 is 1.49. The van der Waals surface area contributed by atoms with Crippen molar-refractivity contribution in [3.05, 3.63) is 64.7 Å². The number of hydrogen-bond donors (Lipinski definition) is 2. The van der Waals surface area contributed by atoms with Crippen LogP contribution in [0.1, 0.15) is 29.5 Å². The molecule has 1 fully saturated rings. The number of imidazole rings is 1. The summed E-state index contributed by atoms with van der Waals surface area (Å²) in [5.41, 5.74) is 2.53. The number of hydrogen-bond acceptors (Lipinski definition) is 5. The number of likely N-dealkylation sites (tertiary alicyclic amines) is 1. The summed E-state index contributed by atoms with van der Waals surface area (Å²) in [6.07, 6.45) is -0.479. The van der Waals surface area contributed by atoms with Crippen molar-refractivity contribution in [2.24, 2.45) is 0 Å². The molecule has 0 atom stereocenters. The van der Waals surface area contributed by atoms with Crippen molar-refractivity contribution in [1.29, 1.82) is 0 Å². The molecular formula is C23H22F3N5S. The van der Waals surface area contributed by atoms with E-state index in [1.807, 2.05) is 23.6 Å². The zero-order valence-electron chi connectivity index (χ0n) is 17.2. The van der Waals surface area contributed by atoms with Crippen molar-refractivity contribution in [2.45, 2.75) is 32.1 Å². The molecule has 0 bridgehead atoms. The van der Waals surface area contributed by atoms with Crippen molar-refractivity contribution in [2.75, 3.05) is 18.4 Å². The van der Waals surface area contributed by atoms with Gasteiger partial charge >= 0.3 is 6.18 Å². The third-order valence-corrected chi connectivity index (χ3v) is 6.44. The standard InChI is InChI=1S/C23H22F3N5S/c24-23(25,26)18-7-6-15(14-31-9-1-2-10-31)12-17(18)21-29-19-5-3-4-16(20(19)30-21)13-28-22-27-8-11-32-22/h3-8,11-12H,1-2,9-10,13-14H2,(H,27,28)(H,29,30). The van der Waals surface area contributed by atoms with E-state index in [1.54, 1.807) is 18.3 Å². The molecule has 1 aliphatic rings. The maximum Gasteiger partial charge on any atom is 0.417 e. The number of alkyl halides is 3. The number of aromatic nitrogens is 3. The summed E-state index contributed by atoms with van der Waals surface area (Å²) in [6, 6.07) is 10.0. The number of thiazole rings is 1. The van der Waals surface area contributed by atoms with Crippen LogP contribution in [0.5, 0.6) is 0 Å². The van der Waals surface area contributed by atoms with Crippen molar-refractivity contribution in [1.82, 2.24) is 19.9 Å². The van der Waals surface area contributed by atoms with E-state index in [2.05, 4.69) is 25.2 Å². The maximum absolute atomic E-state index is 13.8. The maximum atomic E-state index is 13.8. The molecule has 166 valence electrons. The first kappa shape index (κ1) is 21.0. The van der Waals surface area contributed by atoms with Crippen LogP contribution in [0.25, 0.3) is 22.4 Å². The molecule has 0 unspecified atom stereocenters. The van der Waals surface area contributed by atoms with Crippen LogP contribution in [0, 0.1) is 0 Å². The van der Waals surface area contributed by atoms with Gasteiger partial charge < -0.3 is 10.3 Å². The molecule has 0 saturated carbocycles. The highest BCUT2D eigenvalue weighted by molar-refractivity contribution is 7.13. The van der Waals surface area contributed by atoms with Crippen LogP contribution < -0.4 is 5.32 Å². The Morgan fingerprint density at radius 1 is 1.12 bits per heavy atom. The molecule has 32 heavy (non-hydrogen) atoms. The quantitative estimate of drug-likeness (QED) is 0.378. The SMILES string of the molecule is FC(F)(F)c1ccc(CN2CCCC2)cc1-c1nc2c(CNc3nccs3)cccc2[nH]1. The van der Waals surface area contributed by atoms with Gasteiger partial charge in [-0.3, -0.25) is 4.90 Å². The average molecular weight is 458 g/mol. The number of H-pyrrole nitrogens is 1. The zero-order valence-corrected chi connectivity index (χ0v) is 18.1. The molecule has 0 amide bonds. The Morgan fingerprint density at radius 3 is 2.72 bits per heavy atom. The Kier molecular flexibility index (Phi) is 5.60. The van der Waals surface area contributed by atoms with E-state index in [1.165, 1.54) is 17.4 Å². The van der Waals surface area contributed by atoms with Gasteiger partial charge in [-0.15, -0.1) is 11.3 Å². The second-order valence-electron chi connectivity index (χ2n) is 7.95. The van der Waals surface area contributed by atoms with Gasteiger partial charge in [0.2, 0.25) is 0 Å². The van der Waals surface area contributed by atoms with Crippen LogP contribution in [0.15, 0.2) is 48.0 Å². The van der Waals surface area contributed by atoms with Crippen LogP contribution in [-0.4, -0.2) is 32.9 Å². The Hall–Kier alpha value is -2.91. The molecule has 4 aromatic rings. The summed E-state index contributed by atoms with van der Waals surface area (Å²) in [6.45, 7) is 3.09. The number of fused-ring (bicyclic) bond motifs is 1. The molecule has 0 spiro atoms. The van der Waals surface area contributed by atoms with E-state index < -0.39 is 11.7 Å². The first-order valence-corrected chi connectivity index (χ1v) is 11.4. The molecule has 1 aliphatic heterocycles. The van der Waals surface area contributed by atoms with Gasteiger partial charge in [0.15, 0.2) is 5.13 Å². The van der Waals surface area contributed by atoms with E-state index in [0.717, 1.165) is 42.2 Å². The number of rotatable bonds is 6. The predicted molar refractivity (Wildman–Crippen MR) is 120 cm³/mol. The van der Waals surface area contributed by atoms with Gasteiger partial charge in [-0.2, -0.15) is 13.2 Å². The van der Waals surface area contributed by atoms with Gasteiger partial charge in [0.1, 0.15) is 5.82 Å². The minimum atomic E-state index is -4.46. The lowest BCUT2D eigenvalue weighted by Crippen LogP contribution is -2.18. The van der Waals surface area contributed by atoms with Gasteiger partial charge in [-0.25, -0.2) is 9.97 Å². The molecule has 1 saturated heterocycles. The van der Waals surface area contributed by atoms with Crippen molar-refractivity contribution >= 4 is 27.5 Å². The fourth-order valence-electron chi connectivity index (χ4n) is 4.18. The van der Waals surface area contributed by atoms with Crippen molar-refractivity contribution < 1.29 is 13.2 Å². The molecule has 2 aromatic heterocycles. The first-order valence-electron chi connectivity index (χ1n) is 10.5. The van der Waals surface area contributed by atoms with Gasteiger partial charge in [0, 0.05) is 30.2 Å². The molecule has 0 radical (unpaired) electrons. The van der Waals surface area contributed by atoms with Gasteiger partial charge in [0.25, 0.3) is 0 Å². The third-order valence-electron chi connectivity index (χ3n) is 5.71. The molecule has 5 rings (SSSR count). The summed E-state index contributed by atoms with van der Waals surface area (Å²) in [7, 11) is 0.